The van der Waals surface area contributed by atoms with E-state index in [1.807, 2.05) is 47.5 Å². The van der Waals surface area contributed by atoms with Gasteiger partial charge >= 0.3 is 5.97 Å². The molecule has 0 spiro atoms. The molecular formula is C34H35N5O3S. The first-order valence-corrected chi connectivity index (χ1v) is 16.0. The fourth-order valence-electron chi connectivity index (χ4n) is 7.07. The standard InChI is InChI=1S/C34H35N5O3S/c1-21-25-20-23(11-13-27(25)39(24-7-4-3-5-8-24)30(21)32-35-17-18-43-32)31(42)37-34(15-6-16-34)33-36-26-12-9-22(10-14-29(40)41)19-28(26)38(33)2/h9-14,17-20,24H,3-8,15-16H2,1-2H3,(H,37,42)(H,40,41)/b14-10+. The number of carbonyl (C=O) groups excluding carboxylic acids is 1. The van der Waals surface area contributed by atoms with E-state index in [-0.39, 0.29) is 5.91 Å². The normalized spacial score (nSPS) is 17.1. The van der Waals surface area contributed by atoms with Crippen molar-refractivity contribution in [2.75, 3.05) is 0 Å². The Morgan fingerprint density at radius 2 is 1.88 bits per heavy atom. The minimum atomic E-state index is -0.986. The van der Waals surface area contributed by atoms with Crippen LogP contribution in [0.5, 0.6) is 0 Å². The SMILES string of the molecule is Cc1c(-c2nccs2)n(C2CCCCC2)c2ccc(C(=O)NC3(c4nc5ccc(/C=C/C(=O)O)cc5n4C)CCC3)cc12. The molecule has 2 aliphatic carbocycles. The van der Waals surface area contributed by atoms with Crippen molar-refractivity contribution in [1.29, 1.82) is 0 Å². The van der Waals surface area contributed by atoms with Gasteiger partial charge in [-0.25, -0.2) is 14.8 Å². The van der Waals surface area contributed by atoms with E-state index in [4.69, 9.17) is 10.1 Å². The van der Waals surface area contributed by atoms with Gasteiger partial charge in [0, 0.05) is 47.2 Å². The summed E-state index contributed by atoms with van der Waals surface area (Å²) in [5, 5.41) is 16.6. The first kappa shape index (κ1) is 27.6. The third-order valence-corrected chi connectivity index (χ3v) is 10.2. The maximum Gasteiger partial charge on any atom is 0.328 e. The second kappa shape index (κ2) is 10.8. The third-order valence-electron chi connectivity index (χ3n) is 9.40. The van der Waals surface area contributed by atoms with Crippen molar-refractivity contribution in [3.63, 3.8) is 0 Å². The molecule has 7 rings (SSSR count). The van der Waals surface area contributed by atoms with Crippen LogP contribution in [0.25, 0.3) is 38.7 Å². The lowest BCUT2D eigenvalue weighted by Crippen LogP contribution is -2.52. The number of aryl methyl sites for hydroxylation is 2. The molecular weight excluding hydrogens is 558 g/mol. The van der Waals surface area contributed by atoms with Crippen LogP contribution in [0.3, 0.4) is 0 Å². The number of nitrogens with zero attached hydrogens (tertiary/aromatic N) is 4. The Labute approximate surface area is 254 Å². The van der Waals surface area contributed by atoms with E-state index in [1.54, 1.807) is 17.4 Å². The molecule has 1 amide bonds. The summed E-state index contributed by atoms with van der Waals surface area (Å²) in [5.74, 6) is -0.257. The van der Waals surface area contributed by atoms with Crippen LogP contribution in [0.15, 0.2) is 54.1 Å². The van der Waals surface area contributed by atoms with Gasteiger partial charge in [-0.15, -0.1) is 11.3 Å². The van der Waals surface area contributed by atoms with Gasteiger partial charge in [-0.3, -0.25) is 4.79 Å². The van der Waals surface area contributed by atoms with Crippen molar-refractivity contribution >= 4 is 51.2 Å². The predicted octanol–water partition coefficient (Wildman–Crippen LogP) is 7.37. The molecule has 2 N–H and O–H groups in total. The molecule has 2 aromatic carbocycles. The van der Waals surface area contributed by atoms with E-state index in [9.17, 15) is 9.59 Å². The van der Waals surface area contributed by atoms with Crippen molar-refractivity contribution in [2.24, 2.45) is 7.05 Å². The Morgan fingerprint density at radius 3 is 2.58 bits per heavy atom. The summed E-state index contributed by atoms with van der Waals surface area (Å²) < 4.78 is 4.53. The lowest BCUT2D eigenvalue weighted by Gasteiger charge is -2.41. The molecule has 0 bridgehead atoms. The highest BCUT2D eigenvalue weighted by atomic mass is 32.1. The molecule has 3 aromatic heterocycles. The number of carbonyl (C=O) groups is 2. The third kappa shape index (κ3) is 4.76. The molecule has 5 aromatic rings. The summed E-state index contributed by atoms with van der Waals surface area (Å²) in [4.78, 5) is 34.5. The van der Waals surface area contributed by atoms with Crippen LogP contribution < -0.4 is 5.32 Å². The minimum Gasteiger partial charge on any atom is -0.478 e. The molecule has 9 heteroatoms. The van der Waals surface area contributed by atoms with Crippen molar-refractivity contribution in [1.82, 2.24) is 24.4 Å². The molecule has 0 unspecified atom stereocenters. The maximum absolute atomic E-state index is 13.9. The monoisotopic (exact) mass is 593 g/mol. The lowest BCUT2D eigenvalue weighted by atomic mass is 9.75. The first-order valence-electron chi connectivity index (χ1n) is 15.1. The van der Waals surface area contributed by atoms with E-state index in [0.717, 1.165) is 58.2 Å². The molecule has 0 radical (unpaired) electrons. The molecule has 8 nitrogen and oxygen atoms in total. The van der Waals surface area contributed by atoms with E-state index in [2.05, 4.69) is 33.9 Å². The molecule has 0 atom stereocenters. The largest absolute Gasteiger partial charge is 0.478 e. The molecule has 220 valence electrons. The van der Waals surface area contributed by atoms with Crippen LogP contribution in [0.2, 0.25) is 0 Å². The number of rotatable bonds is 7. The van der Waals surface area contributed by atoms with Gasteiger partial charge in [0.05, 0.1) is 22.3 Å². The van der Waals surface area contributed by atoms with Crippen molar-refractivity contribution in [3.8, 4) is 10.7 Å². The predicted molar refractivity (Wildman–Crippen MR) is 170 cm³/mol. The minimum absolute atomic E-state index is 0.0978. The zero-order valence-electron chi connectivity index (χ0n) is 24.5. The number of aromatic nitrogens is 4. The Morgan fingerprint density at radius 1 is 1.07 bits per heavy atom. The smallest absolute Gasteiger partial charge is 0.328 e. The van der Waals surface area contributed by atoms with Crippen LogP contribution in [-0.2, 0) is 17.4 Å². The van der Waals surface area contributed by atoms with E-state index < -0.39 is 11.5 Å². The number of fused-ring (bicyclic) bond motifs is 2. The number of thiazole rings is 1. The molecule has 0 saturated heterocycles. The van der Waals surface area contributed by atoms with E-state index >= 15 is 0 Å². The summed E-state index contributed by atoms with van der Waals surface area (Å²) >= 11 is 1.67. The van der Waals surface area contributed by atoms with E-state index in [0.29, 0.717) is 11.6 Å². The number of aliphatic carboxylic acids is 1. The Bertz CT molecular complexity index is 1890. The van der Waals surface area contributed by atoms with Crippen LogP contribution in [0.1, 0.15) is 84.7 Å². The summed E-state index contributed by atoms with van der Waals surface area (Å²) in [6.45, 7) is 2.16. The molecule has 0 aliphatic heterocycles. The highest BCUT2D eigenvalue weighted by Gasteiger charge is 2.44. The number of carboxylic acids is 1. The second-order valence-corrected chi connectivity index (χ2v) is 12.9. The summed E-state index contributed by atoms with van der Waals surface area (Å²) in [7, 11) is 1.96. The van der Waals surface area contributed by atoms with Crippen LogP contribution >= 0.6 is 11.3 Å². The van der Waals surface area contributed by atoms with Crippen molar-refractivity contribution in [3.05, 3.63) is 76.6 Å². The topological polar surface area (TPSA) is 102 Å². The average Bonchev–Trinajstić information content (AvgIpc) is 3.71. The second-order valence-electron chi connectivity index (χ2n) is 12.0. The first-order chi connectivity index (χ1) is 20.8. The molecule has 43 heavy (non-hydrogen) atoms. The van der Waals surface area contributed by atoms with Crippen molar-refractivity contribution < 1.29 is 14.7 Å². The van der Waals surface area contributed by atoms with Crippen LogP contribution in [0.4, 0.5) is 0 Å². The summed E-state index contributed by atoms with van der Waals surface area (Å²) in [6, 6.07) is 12.3. The molecule has 2 fully saturated rings. The highest BCUT2D eigenvalue weighted by molar-refractivity contribution is 7.13. The van der Waals surface area contributed by atoms with Gasteiger partial charge in [-0.05, 0) is 86.6 Å². The Balaban J connectivity index is 1.24. The number of hydrogen-bond donors (Lipinski definition) is 2. The zero-order chi connectivity index (χ0) is 29.7. The van der Waals surface area contributed by atoms with Gasteiger partial charge in [-0.2, -0.15) is 0 Å². The lowest BCUT2D eigenvalue weighted by molar-refractivity contribution is -0.131. The van der Waals surface area contributed by atoms with Gasteiger partial charge < -0.3 is 19.6 Å². The van der Waals surface area contributed by atoms with E-state index in [1.165, 1.54) is 48.9 Å². The number of imidazole rings is 1. The fourth-order valence-corrected chi connectivity index (χ4v) is 7.80. The molecule has 2 aliphatic rings. The summed E-state index contributed by atoms with van der Waals surface area (Å²) in [6.07, 6.45) is 13.3. The Kier molecular flexibility index (Phi) is 6.92. The summed E-state index contributed by atoms with van der Waals surface area (Å²) in [5.41, 5.74) is 6.14. The fraction of sp³-hybridized carbons (Fsp3) is 0.353. The van der Waals surface area contributed by atoms with Gasteiger partial charge in [0.2, 0.25) is 0 Å². The van der Waals surface area contributed by atoms with Crippen LogP contribution in [0, 0.1) is 6.92 Å². The zero-order valence-corrected chi connectivity index (χ0v) is 25.3. The number of benzene rings is 2. The van der Waals surface area contributed by atoms with Crippen molar-refractivity contribution in [2.45, 2.75) is 69.9 Å². The van der Waals surface area contributed by atoms with Gasteiger partial charge in [-0.1, -0.05) is 25.3 Å². The van der Waals surface area contributed by atoms with Crippen LogP contribution in [-0.4, -0.2) is 36.1 Å². The maximum atomic E-state index is 13.9. The van der Waals surface area contributed by atoms with Gasteiger partial charge in [0.25, 0.3) is 5.91 Å². The molecule has 2 saturated carbocycles. The average molecular weight is 594 g/mol. The number of carboxylic acid groups (broad SMARTS) is 1. The Hall–Kier alpha value is -4.24. The quantitative estimate of drug-likeness (QED) is 0.192. The molecule has 3 heterocycles. The highest BCUT2D eigenvalue weighted by Crippen LogP contribution is 2.43. The number of amides is 1. The van der Waals surface area contributed by atoms with Gasteiger partial charge in [0.15, 0.2) is 0 Å². The number of nitrogens with one attached hydrogen (secondary N) is 1. The number of hydrogen-bond acceptors (Lipinski definition) is 5. The van der Waals surface area contributed by atoms with Gasteiger partial charge in [0.1, 0.15) is 10.8 Å².